The van der Waals surface area contributed by atoms with E-state index in [2.05, 4.69) is 26.2 Å². The van der Waals surface area contributed by atoms with Crippen molar-refractivity contribution in [1.82, 2.24) is 4.98 Å². The number of aromatic nitrogens is 1. The van der Waals surface area contributed by atoms with Crippen LogP contribution in [0, 0.1) is 26.6 Å². The average molecular weight is 368 g/mol. The van der Waals surface area contributed by atoms with Crippen LogP contribution in [-0.4, -0.2) is 9.97 Å². The van der Waals surface area contributed by atoms with Crippen molar-refractivity contribution in [2.75, 3.05) is 5.32 Å². The van der Waals surface area contributed by atoms with Crippen LogP contribution >= 0.6 is 28.1 Å². The van der Waals surface area contributed by atoms with Gasteiger partial charge < -0.3 is 11.1 Å². The second kappa shape index (κ2) is 6.07. The summed E-state index contributed by atoms with van der Waals surface area (Å²) in [7, 11) is 0. The van der Waals surface area contributed by atoms with Gasteiger partial charge in [0.1, 0.15) is 16.6 Å². The predicted molar refractivity (Wildman–Crippen MR) is 91.7 cm³/mol. The summed E-state index contributed by atoms with van der Waals surface area (Å²) in [5, 5.41) is 3.20. The van der Waals surface area contributed by atoms with Crippen molar-refractivity contribution in [3.8, 4) is 0 Å². The Labute approximate surface area is 136 Å². The molecule has 0 radical (unpaired) electrons. The number of benzene rings is 1. The third-order valence-electron chi connectivity index (χ3n) is 3.11. The lowest BCUT2D eigenvalue weighted by Gasteiger charge is -2.15. The van der Waals surface area contributed by atoms with Crippen molar-refractivity contribution < 1.29 is 4.39 Å². The highest BCUT2D eigenvalue weighted by Crippen LogP contribution is 2.28. The summed E-state index contributed by atoms with van der Waals surface area (Å²) >= 11 is 8.29. The first-order chi connectivity index (χ1) is 9.79. The van der Waals surface area contributed by atoms with E-state index in [9.17, 15) is 4.39 Å². The second-order valence-electron chi connectivity index (χ2n) is 4.87. The average Bonchev–Trinajstić information content (AvgIpc) is 2.34. The van der Waals surface area contributed by atoms with Crippen LogP contribution < -0.4 is 11.1 Å². The van der Waals surface area contributed by atoms with Gasteiger partial charge in [-0.05, 0) is 66.0 Å². The molecule has 3 nitrogen and oxygen atoms in total. The second-order valence-corrected chi connectivity index (χ2v) is 6.17. The molecule has 0 amide bonds. The number of pyridine rings is 1. The van der Waals surface area contributed by atoms with Gasteiger partial charge in [0, 0.05) is 11.4 Å². The number of nitrogens with two attached hydrogens (primary N) is 1. The van der Waals surface area contributed by atoms with Crippen LogP contribution in [0.1, 0.15) is 22.4 Å². The minimum Gasteiger partial charge on any atom is -0.389 e. The standard InChI is InChI=1S/C15H15BrFN3S/c1-7-5-11(17)10(16)6-12(7)20-15-13(14(18)21)8(2)4-9(3)19-15/h4-6H,1-3H3,(H2,18,21)(H,19,20). The normalized spacial score (nSPS) is 10.5. The van der Waals surface area contributed by atoms with Crippen molar-refractivity contribution in [1.29, 1.82) is 0 Å². The summed E-state index contributed by atoms with van der Waals surface area (Å²) < 4.78 is 13.9. The Morgan fingerprint density at radius 3 is 2.52 bits per heavy atom. The maximum atomic E-state index is 13.5. The van der Waals surface area contributed by atoms with Gasteiger partial charge >= 0.3 is 0 Å². The van der Waals surface area contributed by atoms with E-state index < -0.39 is 0 Å². The Hall–Kier alpha value is -1.53. The highest BCUT2D eigenvalue weighted by atomic mass is 79.9. The lowest BCUT2D eigenvalue weighted by atomic mass is 10.1. The Bertz CT molecular complexity index is 731. The monoisotopic (exact) mass is 367 g/mol. The number of nitrogens with zero attached hydrogens (tertiary/aromatic N) is 1. The summed E-state index contributed by atoms with van der Waals surface area (Å²) in [5.41, 5.74) is 9.83. The molecule has 0 atom stereocenters. The van der Waals surface area contributed by atoms with Gasteiger partial charge in [0.2, 0.25) is 0 Å². The van der Waals surface area contributed by atoms with Crippen LogP contribution in [0.5, 0.6) is 0 Å². The van der Waals surface area contributed by atoms with E-state index in [4.69, 9.17) is 18.0 Å². The number of rotatable bonds is 3. The van der Waals surface area contributed by atoms with Gasteiger partial charge in [-0.1, -0.05) is 12.2 Å². The van der Waals surface area contributed by atoms with E-state index >= 15 is 0 Å². The molecule has 0 bridgehead atoms. The number of hydrogen-bond acceptors (Lipinski definition) is 3. The third-order valence-corrected chi connectivity index (χ3v) is 3.92. The molecule has 6 heteroatoms. The van der Waals surface area contributed by atoms with Crippen LogP contribution in [-0.2, 0) is 0 Å². The lowest BCUT2D eigenvalue weighted by molar-refractivity contribution is 0.620. The number of thiocarbonyl (C=S) groups is 1. The number of nitrogens with one attached hydrogen (secondary N) is 1. The largest absolute Gasteiger partial charge is 0.389 e. The summed E-state index contributed by atoms with van der Waals surface area (Å²) in [6.07, 6.45) is 0. The molecule has 0 spiro atoms. The quantitative estimate of drug-likeness (QED) is 0.794. The molecular formula is C15H15BrFN3S. The molecule has 110 valence electrons. The predicted octanol–water partition coefficient (Wildman–Crippen LogP) is 4.29. The molecule has 0 unspecified atom stereocenters. The van der Waals surface area contributed by atoms with Crippen molar-refractivity contribution in [3.63, 3.8) is 0 Å². The van der Waals surface area contributed by atoms with Crippen LogP contribution in [0.15, 0.2) is 22.7 Å². The minimum atomic E-state index is -0.305. The van der Waals surface area contributed by atoms with E-state index in [1.54, 1.807) is 6.07 Å². The molecule has 1 aromatic carbocycles. The zero-order valence-corrected chi connectivity index (χ0v) is 14.3. The first-order valence-electron chi connectivity index (χ1n) is 6.30. The van der Waals surface area contributed by atoms with E-state index in [0.717, 1.165) is 22.5 Å². The number of anilines is 2. The van der Waals surface area contributed by atoms with Crippen molar-refractivity contribution in [3.05, 3.63) is 50.9 Å². The van der Waals surface area contributed by atoms with Crippen molar-refractivity contribution >= 4 is 44.6 Å². The van der Waals surface area contributed by atoms with Gasteiger partial charge in [-0.3, -0.25) is 0 Å². The summed E-state index contributed by atoms with van der Waals surface area (Å²) in [6, 6.07) is 5.05. The first kappa shape index (κ1) is 15.9. The molecule has 0 aliphatic carbocycles. The van der Waals surface area contributed by atoms with Gasteiger partial charge in [-0.2, -0.15) is 0 Å². The summed E-state index contributed by atoms with van der Waals surface area (Å²) in [6.45, 7) is 5.65. The fourth-order valence-corrected chi connectivity index (χ4v) is 2.75. The number of halogens is 2. The van der Waals surface area contributed by atoms with E-state index in [1.807, 2.05) is 26.8 Å². The smallest absolute Gasteiger partial charge is 0.141 e. The van der Waals surface area contributed by atoms with E-state index in [1.165, 1.54) is 6.07 Å². The molecule has 3 N–H and O–H groups in total. The maximum Gasteiger partial charge on any atom is 0.141 e. The summed E-state index contributed by atoms with van der Waals surface area (Å²) in [4.78, 5) is 4.74. The fourth-order valence-electron chi connectivity index (χ4n) is 2.15. The highest BCUT2D eigenvalue weighted by Gasteiger charge is 2.13. The SMILES string of the molecule is Cc1cc(C)c(C(N)=S)c(Nc2cc(Br)c(F)cc2C)n1. The van der Waals surface area contributed by atoms with Gasteiger partial charge in [0.15, 0.2) is 0 Å². The Balaban J connectivity index is 2.54. The van der Waals surface area contributed by atoms with Gasteiger partial charge in [0.05, 0.1) is 10.0 Å². The molecule has 0 saturated heterocycles. The molecule has 0 aliphatic rings. The van der Waals surface area contributed by atoms with Crippen molar-refractivity contribution in [2.24, 2.45) is 5.73 Å². The summed E-state index contributed by atoms with van der Waals surface area (Å²) in [5.74, 6) is 0.280. The van der Waals surface area contributed by atoms with Crippen LogP contribution in [0.25, 0.3) is 0 Å². The molecule has 1 aromatic heterocycles. The lowest BCUT2D eigenvalue weighted by Crippen LogP contribution is -2.15. The topological polar surface area (TPSA) is 50.9 Å². The first-order valence-corrected chi connectivity index (χ1v) is 7.50. The molecular weight excluding hydrogens is 353 g/mol. The van der Waals surface area contributed by atoms with Crippen molar-refractivity contribution in [2.45, 2.75) is 20.8 Å². The Morgan fingerprint density at radius 2 is 1.90 bits per heavy atom. The number of hydrogen-bond donors (Lipinski definition) is 2. The molecule has 21 heavy (non-hydrogen) atoms. The van der Waals surface area contributed by atoms with Crippen LogP contribution in [0.3, 0.4) is 0 Å². The zero-order chi connectivity index (χ0) is 15.7. The van der Waals surface area contributed by atoms with Gasteiger partial charge in [-0.15, -0.1) is 0 Å². The number of aryl methyl sites for hydroxylation is 3. The Morgan fingerprint density at radius 1 is 1.24 bits per heavy atom. The van der Waals surface area contributed by atoms with Gasteiger partial charge in [-0.25, -0.2) is 9.37 Å². The molecule has 2 aromatic rings. The van der Waals surface area contributed by atoms with E-state index in [0.29, 0.717) is 15.9 Å². The fraction of sp³-hybridized carbons (Fsp3) is 0.200. The van der Waals surface area contributed by atoms with Crippen LogP contribution in [0.4, 0.5) is 15.9 Å². The highest BCUT2D eigenvalue weighted by molar-refractivity contribution is 9.10. The van der Waals surface area contributed by atoms with E-state index in [-0.39, 0.29) is 10.8 Å². The van der Waals surface area contributed by atoms with Crippen LogP contribution in [0.2, 0.25) is 0 Å². The molecule has 0 aliphatic heterocycles. The molecule has 0 fully saturated rings. The Kier molecular flexibility index (Phi) is 4.58. The zero-order valence-electron chi connectivity index (χ0n) is 11.9. The maximum absolute atomic E-state index is 13.5. The molecule has 0 saturated carbocycles. The molecule has 2 rings (SSSR count). The minimum absolute atomic E-state index is 0.279. The van der Waals surface area contributed by atoms with Gasteiger partial charge in [0.25, 0.3) is 0 Å². The molecule has 1 heterocycles. The third kappa shape index (κ3) is 3.39.